The van der Waals surface area contributed by atoms with Crippen LogP contribution in [0, 0.1) is 11.8 Å². The summed E-state index contributed by atoms with van der Waals surface area (Å²) in [4.78, 5) is 31.1. The van der Waals surface area contributed by atoms with Gasteiger partial charge in [-0.25, -0.2) is 4.79 Å². The predicted octanol–water partition coefficient (Wildman–Crippen LogP) is 4.37. The Bertz CT molecular complexity index is 1530. The first-order valence-electron chi connectivity index (χ1n) is 14.6. The summed E-state index contributed by atoms with van der Waals surface area (Å²) in [5, 5.41) is 8.30. The minimum absolute atomic E-state index is 0.112. The summed E-state index contributed by atoms with van der Waals surface area (Å²) in [5.41, 5.74) is 4.85. The fourth-order valence-corrected chi connectivity index (χ4v) is 5.27. The zero-order valence-corrected chi connectivity index (χ0v) is 26.3. The predicted molar refractivity (Wildman–Crippen MR) is 175 cm³/mol. The van der Waals surface area contributed by atoms with E-state index < -0.39 is 0 Å². The quantitative estimate of drug-likeness (QED) is 0.159. The number of anilines is 1. The van der Waals surface area contributed by atoms with Crippen LogP contribution in [0.25, 0.3) is 0 Å². The molecule has 10 nitrogen and oxygen atoms in total. The number of carbonyl (C=O) groups is 2. The summed E-state index contributed by atoms with van der Waals surface area (Å²) in [6.07, 6.45) is 0. The van der Waals surface area contributed by atoms with E-state index in [1.807, 2.05) is 60.7 Å². The second-order valence-corrected chi connectivity index (χ2v) is 10.8. The van der Waals surface area contributed by atoms with Crippen molar-refractivity contribution >= 4 is 35.1 Å². The van der Waals surface area contributed by atoms with Gasteiger partial charge in [0.05, 0.1) is 58.4 Å². The number of hydrogen-bond donors (Lipinski definition) is 3. The van der Waals surface area contributed by atoms with Crippen LogP contribution in [0.5, 0.6) is 0 Å². The number of nitrogens with zero attached hydrogens (tertiary/aromatic N) is 1. The van der Waals surface area contributed by atoms with Gasteiger partial charge in [0.1, 0.15) is 5.71 Å². The van der Waals surface area contributed by atoms with Gasteiger partial charge in [-0.2, -0.15) is 0 Å². The van der Waals surface area contributed by atoms with Crippen LogP contribution < -0.4 is 16.0 Å². The number of carbonyl (C=O) groups excluding carboxylic acids is 2. The monoisotopic (exact) mass is 630 g/mol. The fraction of sp³-hybridized carbons (Fsp3) is 0.324. The van der Waals surface area contributed by atoms with Gasteiger partial charge in [0.2, 0.25) is 0 Å². The first kappa shape index (κ1) is 33.7. The third-order valence-corrected chi connectivity index (χ3v) is 7.54. The van der Waals surface area contributed by atoms with E-state index in [4.69, 9.17) is 18.9 Å². The van der Waals surface area contributed by atoms with Gasteiger partial charge in [0, 0.05) is 47.3 Å². The molecule has 0 unspecified atom stereocenters. The number of nitrogens with one attached hydrogen (secondary N) is 3. The van der Waals surface area contributed by atoms with E-state index >= 15 is 0 Å². The van der Waals surface area contributed by atoms with Gasteiger partial charge in [-0.15, -0.1) is 0 Å². The number of ether oxygens (including phenoxy) is 4. The molecule has 0 fully saturated rings. The summed E-state index contributed by atoms with van der Waals surface area (Å²) in [6.45, 7) is 4.31. The molecular weight excluding hydrogens is 592 g/mol. The number of hydrogen-bond acceptors (Lipinski definition) is 8. The lowest BCUT2D eigenvalue weighted by molar-refractivity contribution is 0.00431. The van der Waals surface area contributed by atoms with E-state index in [-0.39, 0.29) is 11.9 Å². The van der Waals surface area contributed by atoms with E-state index in [1.54, 1.807) is 25.9 Å². The first-order valence-corrected chi connectivity index (χ1v) is 15.4. The van der Waals surface area contributed by atoms with Crippen LogP contribution in [0.3, 0.4) is 0 Å². The van der Waals surface area contributed by atoms with Gasteiger partial charge < -0.3 is 34.9 Å². The third-order valence-electron chi connectivity index (χ3n) is 6.48. The Morgan fingerprint density at radius 3 is 2.40 bits per heavy atom. The molecule has 3 aromatic carbocycles. The van der Waals surface area contributed by atoms with Gasteiger partial charge >= 0.3 is 6.03 Å². The van der Waals surface area contributed by atoms with Crippen molar-refractivity contribution < 1.29 is 28.5 Å². The average Bonchev–Trinajstić information content (AvgIpc) is 3.46. The molecule has 45 heavy (non-hydrogen) atoms. The van der Waals surface area contributed by atoms with Crippen LogP contribution in [-0.4, -0.2) is 84.6 Å². The highest BCUT2D eigenvalue weighted by molar-refractivity contribution is 7.99. The molecule has 1 aliphatic rings. The van der Waals surface area contributed by atoms with E-state index in [9.17, 15) is 9.59 Å². The number of methoxy groups -OCH3 is 1. The van der Waals surface area contributed by atoms with Crippen LogP contribution in [0.15, 0.2) is 81.5 Å². The van der Waals surface area contributed by atoms with E-state index in [0.717, 1.165) is 32.2 Å². The molecule has 11 heteroatoms. The number of urea groups is 1. The topological polar surface area (TPSA) is 120 Å². The second kappa shape index (κ2) is 18.6. The zero-order valence-electron chi connectivity index (χ0n) is 25.5. The van der Waals surface area contributed by atoms with Gasteiger partial charge in [-0.05, 0) is 53.9 Å². The molecule has 0 bridgehead atoms. The molecule has 1 aliphatic heterocycles. The number of benzene rings is 3. The minimum Gasteiger partial charge on any atom is -0.382 e. The molecule has 0 atom stereocenters. The fourth-order valence-electron chi connectivity index (χ4n) is 4.26. The molecule has 3 N–H and O–H groups in total. The molecule has 0 aliphatic carbocycles. The highest BCUT2D eigenvalue weighted by Crippen LogP contribution is 2.33. The number of fused-ring (bicyclic) bond motifs is 1. The van der Waals surface area contributed by atoms with Crippen molar-refractivity contribution in [3.8, 4) is 11.8 Å². The van der Waals surface area contributed by atoms with Crippen LogP contribution >= 0.6 is 11.8 Å². The average molecular weight is 631 g/mol. The van der Waals surface area contributed by atoms with Crippen molar-refractivity contribution in [2.45, 2.75) is 16.3 Å². The van der Waals surface area contributed by atoms with E-state index in [0.29, 0.717) is 70.6 Å². The molecule has 0 radical (unpaired) electrons. The number of aliphatic imine (C=N–C) groups is 1. The molecule has 0 saturated carbocycles. The maximum atomic E-state index is 12.3. The van der Waals surface area contributed by atoms with Crippen LogP contribution in [0.1, 0.15) is 27.0 Å². The van der Waals surface area contributed by atoms with Gasteiger partial charge in [-0.3, -0.25) is 9.79 Å². The third kappa shape index (κ3) is 11.0. The minimum atomic E-state index is -0.325. The largest absolute Gasteiger partial charge is 0.382 e. The summed E-state index contributed by atoms with van der Waals surface area (Å²) in [6, 6.07) is 20.7. The number of rotatable bonds is 16. The molecule has 0 saturated heterocycles. The molecule has 0 aromatic heterocycles. The Morgan fingerprint density at radius 1 is 0.867 bits per heavy atom. The summed E-state index contributed by atoms with van der Waals surface area (Å²) in [5.74, 6) is 6.24. The normalized spacial score (nSPS) is 11.6. The van der Waals surface area contributed by atoms with E-state index in [2.05, 4.69) is 38.9 Å². The Hall–Kier alpha value is -4.18. The van der Waals surface area contributed by atoms with Gasteiger partial charge in [-0.1, -0.05) is 41.9 Å². The van der Waals surface area contributed by atoms with Crippen molar-refractivity contribution in [2.24, 2.45) is 4.99 Å². The zero-order chi connectivity index (χ0) is 31.7. The lowest BCUT2D eigenvalue weighted by atomic mass is 10.1. The summed E-state index contributed by atoms with van der Waals surface area (Å²) < 4.78 is 21.1. The van der Waals surface area contributed by atoms with Crippen molar-refractivity contribution in [3.05, 3.63) is 89.0 Å². The molecular formula is C34H38N4O6S. The van der Waals surface area contributed by atoms with Gasteiger partial charge in [0.15, 0.2) is 0 Å². The van der Waals surface area contributed by atoms with Crippen LogP contribution in [0.4, 0.5) is 10.5 Å². The highest BCUT2D eigenvalue weighted by atomic mass is 32.2. The molecule has 0 spiro atoms. The molecule has 1 heterocycles. The number of amides is 3. The standard InChI is InChI=1S/C34H38N4O6S/c1-35-33(39)30-8-3-4-9-32(30)45-28-11-12-29-26(23-28)24-37-31(29)13-10-25-6-5-7-27(22-25)38-34(40)36-14-15-42-18-19-44-21-20-43-17-16-41-2/h3-9,11-12,22-23H,14-21,24H2,1-2H3,(H,35,39)(H2,36,38,40). The molecule has 3 amide bonds. The Balaban J connectivity index is 1.20. The lowest BCUT2D eigenvalue weighted by Crippen LogP contribution is -2.31. The van der Waals surface area contributed by atoms with E-state index in [1.165, 1.54) is 0 Å². The Kier molecular flexibility index (Phi) is 13.9. The maximum Gasteiger partial charge on any atom is 0.319 e. The SMILES string of the molecule is CNC(=O)c1ccccc1Sc1ccc2c(c1)CN=C2C#Cc1cccc(NC(=O)NCCOCCOCCOCCOC)c1. The van der Waals surface area contributed by atoms with Crippen molar-refractivity contribution in [1.82, 2.24) is 10.6 Å². The van der Waals surface area contributed by atoms with Crippen LogP contribution in [0.2, 0.25) is 0 Å². The highest BCUT2D eigenvalue weighted by Gasteiger charge is 2.16. The molecule has 4 rings (SSSR count). The van der Waals surface area contributed by atoms with Crippen molar-refractivity contribution in [3.63, 3.8) is 0 Å². The molecule has 236 valence electrons. The smallest absolute Gasteiger partial charge is 0.319 e. The first-order chi connectivity index (χ1) is 22.1. The van der Waals surface area contributed by atoms with Crippen LogP contribution in [-0.2, 0) is 25.5 Å². The Labute approximate surface area is 268 Å². The maximum absolute atomic E-state index is 12.3. The Morgan fingerprint density at radius 2 is 1.62 bits per heavy atom. The van der Waals surface area contributed by atoms with Gasteiger partial charge in [0.25, 0.3) is 5.91 Å². The summed E-state index contributed by atoms with van der Waals surface area (Å²) >= 11 is 1.55. The summed E-state index contributed by atoms with van der Waals surface area (Å²) in [7, 11) is 3.26. The molecule has 3 aromatic rings. The lowest BCUT2D eigenvalue weighted by Gasteiger charge is -2.09. The van der Waals surface area contributed by atoms with Crippen molar-refractivity contribution in [2.75, 3.05) is 72.3 Å². The van der Waals surface area contributed by atoms with Crippen molar-refractivity contribution in [1.29, 1.82) is 0 Å². The second-order valence-electron chi connectivity index (χ2n) is 9.70.